The molecule has 3 heterocycles. The smallest absolute Gasteiger partial charge is 0.217 e. The van der Waals surface area contributed by atoms with E-state index in [4.69, 9.17) is 9.47 Å². The molecule has 0 saturated carbocycles. The molecule has 2 aromatic rings. The number of aromatic hydroxyl groups is 1. The van der Waals surface area contributed by atoms with Gasteiger partial charge in [-0.2, -0.15) is 0 Å². The van der Waals surface area contributed by atoms with Crippen molar-refractivity contribution in [1.29, 1.82) is 0 Å². The molecule has 0 radical (unpaired) electrons. The maximum Gasteiger partial charge on any atom is 0.217 e. The highest BCUT2D eigenvalue weighted by Crippen LogP contribution is 2.64. The first-order valence-corrected chi connectivity index (χ1v) is 12.5. The number of carbonyl (C=O) groups excluding carboxylic acids is 2. The number of anilines is 1. The largest absolute Gasteiger partial charge is 0.506 e. The molecule has 4 atom stereocenters. The van der Waals surface area contributed by atoms with Crippen molar-refractivity contribution in [1.82, 2.24) is 0 Å². The maximum atomic E-state index is 13.8. The molecule has 0 aromatic heterocycles. The first-order valence-electron chi connectivity index (χ1n) is 12.5. The van der Waals surface area contributed by atoms with Crippen molar-refractivity contribution in [3.63, 3.8) is 0 Å². The second-order valence-corrected chi connectivity index (χ2v) is 10.4. The van der Waals surface area contributed by atoms with Crippen LogP contribution in [0, 0.1) is 5.92 Å². The Morgan fingerprint density at radius 3 is 2.75 bits per heavy atom. The Morgan fingerprint density at radius 2 is 2.03 bits per heavy atom. The van der Waals surface area contributed by atoms with Crippen molar-refractivity contribution < 1.29 is 28.7 Å². The van der Waals surface area contributed by atoms with Crippen LogP contribution in [0.1, 0.15) is 35.7 Å². The van der Waals surface area contributed by atoms with E-state index in [0.29, 0.717) is 33.8 Å². The standard InChI is InChI=1S/C29H30N2O5/c1-4-17-14-31(15-23(34)18-8-9-24(35-2)25(12-18)36-3)11-10-29-21-6-5-7-22(33)27(21)30-28(29)20(16-32)19(17)13-26(29)31/h4-9,12,16,19,26H,10-11,13-15H2,1-3H3,(H-,30,32,33)/p+1/b17-4-/t19-,26-,29+,31-/m0/s1. The first kappa shape index (κ1) is 22.9. The average Bonchev–Trinajstić information content (AvgIpc) is 3.43. The van der Waals surface area contributed by atoms with Gasteiger partial charge >= 0.3 is 0 Å². The van der Waals surface area contributed by atoms with Crippen LogP contribution in [0.15, 0.2) is 59.3 Å². The second-order valence-electron chi connectivity index (χ2n) is 10.4. The molecule has 0 unspecified atom stereocenters. The number of fused-ring (bicyclic) bond motifs is 2. The maximum absolute atomic E-state index is 13.8. The number of rotatable bonds is 6. The molecule has 7 nitrogen and oxygen atoms in total. The van der Waals surface area contributed by atoms with Crippen LogP contribution in [0.3, 0.4) is 0 Å². The van der Waals surface area contributed by atoms with E-state index >= 15 is 0 Å². The summed E-state index contributed by atoms with van der Waals surface area (Å²) in [6, 6.07) is 11.1. The number of ketones is 1. The van der Waals surface area contributed by atoms with Gasteiger partial charge in [-0.05, 0) is 42.3 Å². The number of hydrogen-bond acceptors (Lipinski definition) is 6. The van der Waals surface area contributed by atoms with Gasteiger partial charge in [-0.3, -0.25) is 9.59 Å². The van der Waals surface area contributed by atoms with Crippen LogP contribution in [-0.4, -0.2) is 61.6 Å². The predicted molar refractivity (Wildman–Crippen MR) is 136 cm³/mol. The Labute approximate surface area is 210 Å². The van der Waals surface area contributed by atoms with E-state index in [9.17, 15) is 14.7 Å². The lowest BCUT2D eigenvalue weighted by atomic mass is 9.61. The number of benzene rings is 2. The summed E-state index contributed by atoms with van der Waals surface area (Å²) in [4.78, 5) is 26.2. The lowest BCUT2D eigenvalue weighted by Gasteiger charge is -2.53. The van der Waals surface area contributed by atoms with Crippen molar-refractivity contribution in [3.8, 4) is 17.2 Å². The van der Waals surface area contributed by atoms with Crippen LogP contribution in [-0.2, 0) is 10.2 Å². The quantitative estimate of drug-likeness (QED) is 0.211. The van der Waals surface area contributed by atoms with Crippen molar-refractivity contribution in [2.45, 2.75) is 31.2 Å². The molecule has 2 N–H and O–H groups in total. The predicted octanol–water partition coefficient (Wildman–Crippen LogP) is 3.98. The van der Waals surface area contributed by atoms with Gasteiger partial charge in [-0.1, -0.05) is 18.2 Å². The Bertz CT molecular complexity index is 1360. The highest BCUT2D eigenvalue weighted by atomic mass is 16.5. The zero-order chi connectivity index (χ0) is 25.2. The van der Waals surface area contributed by atoms with Crippen molar-refractivity contribution in [3.05, 3.63) is 70.4 Å². The van der Waals surface area contributed by atoms with Crippen LogP contribution < -0.4 is 14.8 Å². The summed E-state index contributed by atoms with van der Waals surface area (Å²) in [6.45, 7) is 3.95. The molecular weight excluding hydrogens is 456 g/mol. The van der Waals surface area contributed by atoms with Crippen LogP contribution in [0.2, 0.25) is 0 Å². The third-order valence-corrected chi connectivity index (χ3v) is 9.13. The minimum absolute atomic E-state index is 0.0325. The van der Waals surface area contributed by atoms with E-state index in [1.54, 1.807) is 38.5 Å². The number of piperidine rings is 1. The molecule has 1 aliphatic carbocycles. The summed E-state index contributed by atoms with van der Waals surface area (Å²) in [6.07, 6.45) is 4.76. The van der Waals surface area contributed by atoms with Gasteiger partial charge in [-0.25, -0.2) is 0 Å². The molecule has 36 heavy (non-hydrogen) atoms. The van der Waals surface area contributed by atoms with E-state index in [-0.39, 0.29) is 23.5 Å². The molecular formula is C29H31N2O5+. The lowest BCUT2D eigenvalue weighted by molar-refractivity contribution is -0.934. The highest BCUT2D eigenvalue weighted by molar-refractivity contribution is 5.97. The van der Waals surface area contributed by atoms with E-state index in [1.807, 2.05) is 13.0 Å². The molecule has 2 bridgehead atoms. The molecule has 6 rings (SSSR count). The summed E-state index contributed by atoms with van der Waals surface area (Å²) in [5, 5.41) is 14.2. The highest BCUT2D eigenvalue weighted by Gasteiger charge is 2.69. The summed E-state index contributed by atoms with van der Waals surface area (Å²) < 4.78 is 11.4. The fourth-order valence-corrected chi connectivity index (χ4v) is 7.57. The molecule has 186 valence electrons. The summed E-state index contributed by atoms with van der Waals surface area (Å²) >= 11 is 0. The van der Waals surface area contributed by atoms with Gasteiger partial charge in [0, 0.05) is 35.6 Å². The first-order chi connectivity index (χ1) is 17.4. The third kappa shape index (κ3) is 2.83. The number of aldehydes is 1. The molecule has 7 heteroatoms. The number of phenolic OH excluding ortho intramolecular Hbond substituents is 1. The van der Waals surface area contributed by atoms with Gasteiger partial charge < -0.3 is 24.4 Å². The number of hydrogen-bond donors (Lipinski definition) is 2. The number of ether oxygens (including phenoxy) is 2. The minimum Gasteiger partial charge on any atom is -0.506 e. The SMILES string of the molecule is C/C=C1/C[N@+]2(CC(=O)c3ccc(OC)c(OC)c3)CC[C@]34C(=C(C=O)[C@H]1C[C@@H]32)Nc1c(O)cccc14. The van der Waals surface area contributed by atoms with E-state index in [2.05, 4.69) is 17.5 Å². The van der Waals surface area contributed by atoms with Gasteiger partial charge in [-0.15, -0.1) is 0 Å². The lowest BCUT2D eigenvalue weighted by Crippen LogP contribution is -2.64. The minimum atomic E-state index is -0.405. The Kier molecular flexibility index (Phi) is 5.06. The third-order valence-electron chi connectivity index (χ3n) is 9.13. The van der Waals surface area contributed by atoms with Crippen LogP contribution >= 0.6 is 0 Å². The number of Topliss-reactive ketones (excluding diaryl/α,β-unsaturated/α-hetero) is 1. The number of nitrogens with zero attached hydrogens (tertiary/aromatic N) is 1. The average molecular weight is 488 g/mol. The second kappa shape index (κ2) is 7.96. The van der Waals surface area contributed by atoms with Gasteiger partial charge in [0.2, 0.25) is 5.78 Å². The fourth-order valence-electron chi connectivity index (χ4n) is 7.57. The number of carbonyl (C=O) groups is 2. The molecule has 2 fully saturated rings. The van der Waals surface area contributed by atoms with Crippen molar-refractivity contribution >= 4 is 17.8 Å². The molecule has 4 aliphatic rings. The molecule has 2 saturated heterocycles. The molecule has 3 aliphatic heterocycles. The number of allylic oxidation sites excluding steroid dienone is 2. The van der Waals surface area contributed by atoms with Gasteiger partial charge in [0.1, 0.15) is 31.2 Å². The van der Waals surface area contributed by atoms with Gasteiger partial charge in [0.25, 0.3) is 0 Å². The number of quaternary nitrogens is 1. The van der Waals surface area contributed by atoms with Crippen LogP contribution in [0.25, 0.3) is 0 Å². The number of nitrogens with one attached hydrogen (secondary N) is 1. The Balaban J connectivity index is 1.47. The van der Waals surface area contributed by atoms with Crippen LogP contribution in [0.4, 0.5) is 5.69 Å². The monoisotopic (exact) mass is 487 g/mol. The molecule has 1 spiro atoms. The van der Waals surface area contributed by atoms with E-state index < -0.39 is 5.41 Å². The normalized spacial score (nSPS) is 30.5. The topological polar surface area (TPSA) is 84.9 Å². The van der Waals surface area contributed by atoms with Gasteiger partial charge in [0.05, 0.1) is 31.9 Å². The fraction of sp³-hybridized carbons (Fsp3) is 0.379. The summed E-state index contributed by atoms with van der Waals surface area (Å²) in [5.41, 5.74) is 4.87. The Morgan fingerprint density at radius 1 is 1.22 bits per heavy atom. The van der Waals surface area contributed by atoms with E-state index in [0.717, 1.165) is 49.1 Å². The van der Waals surface area contributed by atoms with Crippen molar-refractivity contribution in [2.75, 3.05) is 39.2 Å². The number of para-hydroxylation sites is 1. The van der Waals surface area contributed by atoms with Crippen LogP contribution in [0.5, 0.6) is 17.2 Å². The number of methoxy groups -OCH3 is 2. The zero-order valence-electron chi connectivity index (χ0n) is 20.8. The Hall–Kier alpha value is -3.58. The molecule has 0 amide bonds. The summed E-state index contributed by atoms with van der Waals surface area (Å²) in [5.74, 6) is 1.43. The van der Waals surface area contributed by atoms with Gasteiger partial charge in [0.15, 0.2) is 11.5 Å². The van der Waals surface area contributed by atoms with E-state index in [1.165, 1.54) is 5.57 Å². The molecule has 2 aromatic carbocycles. The van der Waals surface area contributed by atoms with Crippen molar-refractivity contribution in [2.24, 2.45) is 5.92 Å². The number of phenols is 1. The zero-order valence-corrected chi connectivity index (χ0v) is 20.8. The summed E-state index contributed by atoms with van der Waals surface area (Å²) in [7, 11) is 3.15.